The zero-order valence-electron chi connectivity index (χ0n) is 19.1. The summed E-state index contributed by atoms with van der Waals surface area (Å²) < 4.78 is 8.28. The molecule has 0 aliphatic rings. The second kappa shape index (κ2) is 8.16. The summed E-state index contributed by atoms with van der Waals surface area (Å²) in [5.41, 5.74) is 6.73. The summed E-state index contributed by atoms with van der Waals surface area (Å²) in [5, 5.41) is 2.42. The molecule has 0 N–H and O–H groups in total. The Bertz CT molecular complexity index is 1650. The number of pyridine rings is 2. The number of rotatable bonds is 4. The smallest absolute Gasteiger partial charge is 0.219 e. The quantitative estimate of drug-likeness (QED) is 0.282. The van der Waals surface area contributed by atoms with Crippen LogP contribution in [0.3, 0.4) is 0 Å². The molecule has 164 valence electrons. The molecule has 3 aromatic heterocycles. The van der Waals surface area contributed by atoms with Gasteiger partial charge in [0, 0.05) is 29.2 Å². The maximum atomic E-state index is 6.03. The van der Waals surface area contributed by atoms with Crippen molar-refractivity contribution < 1.29 is 4.74 Å². The lowest BCUT2D eigenvalue weighted by atomic mass is 10.0. The van der Waals surface area contributed by atoms with Gasteiger partial charge in [-0.05, 0) is 72.5 Å². The fraction of sp³-hybridized carbons (Fsp3) is 0.0667. The third-order valence-electron chi connectivity index (χ3n) is 6.08. The van der Waals surface area contributed by atoms with Gasteiger partial charge in [0.2, 0.25) is 5.88 Å². The van der Waals surface area contributed by atoms with Gasteiger partial charge in [-0.3, -0.25) is 4.57 Å². The van der Waals surface area contributed by atoms with Crippen LogP contribution in [-0.2, 0) is 0 Å². The van der Waals surface area contributed by atoms with Crippen molar-refractivity contribution in [2.45, 2.75) is 13.8 Å². The molecule has 0 amide bonds. The first kappa shape index (κ1) is 20.2. The van der Waals surface area contributed by atoms with E-state index in [1.165, 1.54) is 10.8 Å². The lowest BCUT2D eigenvalue weighted by molar-refractivity contribution is 0.462. The molecule has 0 saturated heterocycles. The van der Waals surface area contributed by atoms with E-state index in [0.717, 1.165) is 44.9 Å². The van der Waals surface area contributed by atoms with E-state index in [2.05, 4.69) is 83.2 Å². The Labute approximate surface area is 198 Å². The molecule has 4 nitrogen and oxygen atoms in total. The molecule has 0 fully saturated rings. The van der Waals surface area contributed by atoms with Crippen LogP contribution in [0.1, 0.15) is 11.1 Å². The van der Waals surface area contributed by atoms with Crippen molar-refractivity contribution in [3.63, 3.8) is 0 Å². The van der Waals surface area contributed by atoms with E-state index in [1.54, 1.807) is 6.20 Å². The SMILES string of the molecule is Cc1ccc(-n2c3ccccc3c3ccc(-c4cccc(Oc5cc(C)ccn5)c4)cc32)nc1. The molecule has 0 atom stereocenters. The fourth-order valence-corrected chi connectivity index (χ4v) is 4.41. The van der Waals surface area contributed by atoms with Gasteiger partial charge in [0.15, 0.2) is 0 Å². The molecule has 3 heterocycles. The summed E-state index contributed by atoms with van der Waals surface area (Å²) in [5.74, 6) is 2.27. The maximum absolute atomic E-state index is 6.03. The monoisotopic (exact) mass is 441 g/mol. The number of para-hydroxylation sites is 1. The van der Waals surface area contributed by atoms with Crippen molar-refractivity contribution in [2.75, 3.05) is 0 Å². The first-order valence-electron chi connectivity index (χ1n) is 11.3. The number of ether oxygens (including phenoxy) is 1. The van der Waals surface area contributed by atoms with Gasteiger partial charge < -0.3 is 4.74 Å². The summed E-state index contributed by atoms with van der Waals surface area (Å²) in [6.45, 7) is 4.09. The third kappa shape index (κ3) is 3.59. The Balaban J connectivity index is 1.48. The summed E-state index contributed by atoms with van der Waals surface area (Å²) >= 11 is 0. The van der Waals surface area contributed by atoms with Crippen molar-refractivity contribution >= 4 is 21.8 Å². The van der Waals surface area contributed by atoms with Gasteiger partial charge in [-0.25, -0.2) is 9.97 Å². The van der Waals surface area contributed by atoms with Gasteiger partial charge in [0.1, 0.15) is 11.6 Å². The molecule has 34 heavy (non-hydrogen) atoms. The number of aromatic nitrogens is 3. The van der Waals surface area contributed by atoms with E-state index in [0.29, 0.717) is 5.88 Å². The van der Waals surface area contributed by atoms with Crippen LogP contribution in [0.25, 0.3) is 38.8 Å². The molecule has 0 radical (unpaired) electrons. The number of benzene rings is 3. The van der Waals surface area contributed by atoms with Crippen LogP contribution < -0.4 is 4.74 Å². The standard InChI is InChI=1S/C30H23N3O/c1-20-14-15-31-30(16-20)34-24-7-5-6-22(17-24)23-11-12-26-25-8-3-4-9-27(25)33(28(26)18-23)29-13-10-21(2)19-32-29/h3-19H,1-2H3. The Kier molecular flexibility index (Phi) is 4.84. The van der Waals surface area contributed by atoms with E-state index in [1.807, 2.05) is 37.4 Å². The molecule has 0 bridgehead atoms. The molecule has 0 saturated carbocycles. The van der Waals surface area contributed by atoms with Gasteiger partial charge in [-0.2, -0.15) is 0 Å². The zero-order valence-corrected chi connectivity index (χ0v) is 19.1. The lowest BCUT2D eigenvalue weighted by Crippen LogP contribution is -1.97. The molecule has 4 heteroatoms. The number of nitrogens with zero attached hydrogens (tertiary/aromatic N) is 3. The summed E-state index contributed by atoms with van der Waals surface area (Å²) in [7, 11) is 0. The van der Waals surface area contributed by atoms with Crippen LogP contribution in [0.4, 0.5) is 0 Å². The van der Waals surface area contributed by atoms with E-state index >= 15 is 0 Å². The average molecular weight is 442 g/mol. The summed E-state index contributed by atoms with van der Waals surface area (Å²) in [6, 6.07) is 31.3. The van der Waals surface area contributed by atoms with Crippen LogP contribution in [0.5, 0.6) is 11.6 Å². The topological polar surface area (TPSA) is 39.9 Å². The number of fused-ring (bicyclic) bond motifs is 3. The predicted molar refractivity (Wildman–Crippen MR) is 138 cm³/mol. The largest absolute Gasteiger partial charge is 0.439 e. The fourth-order valence-electron chi connectivity index (χ4n) is 4.41. The zero-order chi connectivity index (χ0) is 23.1. The summed E-state index contributed by atoms with van der Waals surface area (Å²) in [4.78, 5) is 9.05. The lowest BCUT2D eigenvalue weighted by Gasteiger charge is -2.10. The summed E-state index contributed by atoms with van der Waals surface area (Å²) in [6.07, 6.45) is 3.68. The second-order valence-corrected chi connectivity index (χ2v) is 8.58. The van der Waals surface area contributed by atoms with E-state index in [4.69, 9.17) is 9.72 Å². The minimum Gasteiger partial charge on any atom is -0.439 e. The average Bonchev–Trinajstić information content (AvgIpc) is 3.18. The van der Waals surface area contributed by atoms with Gasteiger partial charge in [-0.15, -0.1) is 0 Å². The maximum Gasteiger partial charge on any atom is 0.219 e. The first-order chi connectivity index (χ1) is 16.7. The van der Waals surface area contributed by atoms with Gasteiger partial charge in [-0.1, -0.05) is 48.5 Å². The highest BCUT2D eigenvalue weighted by Gasteiger charge is 2.14. The first-order valence-corrected chi connectivity index (χ1v) is 11.3. The molecular formula is C30H23N3O. The van der Waals surface area contributed by atoms with Crippen molar-refractivity contribution in [1.29, 1.82) is 0 Å². The molecular weight excluding hydrogens is 418 g/mol. The van der Waals surface area contributed by atoms with Gasteiger partial charge in [0.05, 0.1) is 11.0 Å². The molecule has 0 unspecified atom stereocenters. The Morgan fingerprint density at radius 1 is 0.647 bits per heavy atom. The van der Waals surface area contributed by atoms with E-state index in [9.17, 15) is 0 Å². The van der Waals surface area contributed by atoms with Crippen molar-refractivity contribution in [1.82, 2.24) is 14.5 Å². The van der Waals surface area contributed by atoms with Gasteiger partial charge >= 0.3 is 0 Å². The Morgan fingerprint density at radius 3 is 2.35 bits per heavy atom. The molecule has 0 spiro atoms. The highest BCUT2D eigenvalue weighted by molar-refractivity contribution is 6.10. The molecule has 6 rings (SSSR count). The minimum atomic E-state index is 0.596. The molecule has 0 aliphatic heterocycles. The Morgan fingerprint density at radius 2 is 1.50 bits per heavy atom. The highest BCUT2D eigenvalue weighted by atomic mass is 16.5. The van der Waals surface area contributed by atoms with E-state index in [-0.39, 0.29) is 0 Å². The van der Waals surface area contributed by atoms with Crippen molar-refractivity contribution in [2.24, 2.45) is 0 Å². The molecule has 3 aromatic carbocycles. The Hall–Kier alpha value is -4.44. The normalized spacial score (nSPS) is 11.2. The number of hydrogen-bond acceptors (Lipinski definition) is 3. The third-order valence-corrected chi connectivity index (χ3v) is 6.08. The highest BCUT2D eigenvalue weighted by Crippen LogP contribution is 2.35. The molecule has 0 aliphatic carbocycles. The second-order valence-electron chi connectivity index (χ2n) is 8.58. The minimum absolute atomic E-state index is 0.596. The van der Waals surface area contributed by atoms with Crippen LogP contribution in [0.2, 0.25) is 0 Å². The number of aryl methyl sites for hydroxylation is 2. The van der Waals surface area contributed by atoms with Crippen molar-refractivity contribution in [3.8, 4) is 28.6 Å². The number of hydrogen-bond donors (Lipinski definition) is 0. The predicted octanol–water partition coefficient (Wildman–Crippen LogP) is 7.65. The van der Waals surface area contributed by atoms with Crippen LogP contribution >= 0.6 is 0 Å². The van der Waals surface area contributed by atoms with Crippen molar-refractivity contribution in [3.05, 3.63) is 115 Å². The van der Waals surface area contributed by atoms with Crippen LogP contribution in [0, 0.1) is 13.8 Å². The molecule has 6 aromatic rings. The van der Waals surface area contributed by atoms with E-state index < -0.39 is 0 Å². The van der Waals surface area contributed by atoms with Crippen LogP contribution in [0.15, 0.2) is 103 Å². The van der Waals surface area contributed by atoms with Gasteiger partial charge in [0.25, 0.3) is 0 Å². The van der Waals surface area contributed by atoms with Crippen LogP contribution in [-0.4, -0.2) is 14.5 Å².